The van der Waals surface area contributed by atoms with Gasteiger partial charge in [-0.1, -0.05) is 20.3 Å². The largest absolute Gasteiger partial charge is 0.456 e. The Balaban J connectivity index is 2.43. The smallest absolute Gasteiger partial charge is 0.287 e. The highest BCUT2D eigenvalue weighted by molar-refractivity contribution is 6.17. The second-order valence-corrected chi connectivity index (χ2v) is 4.84. The molecule has 0 fully saturated rings. The van der Waals surface area contributed by atoms with Crippen molar-refractivity contribution in [2.45, 2.75) is 39.5 Å². The van der Waals surface area contributed by atoms with E-state index in [0.29, 0.717) is 24.1 Å². The van der Waals surface area contributed by atoms with Gasteiger partial charge in [-0.25, -0.2) is 0 Å². The molecule has 1 aromatic rings. The number of rotatable bonds is 8. The summed E-state index contributed by atoms with van der Waals surface area (Å²) in [6.07, 6.45) is 3.94. The summed E-state index contributed by atoms with van der Waals surface area (Å²) in [6, 6.07) is 3.57. The van der Waals surface area contributed by atoms with E-state index in [1.165, 1.54) is 0 Å². The Bertz CT molecular complexity index is 356. The van der Waals surface area contributed by atoms with Crippen molar-refractivity contribution in [3.05, 3.63) is 23.7 Å². The normalized spacial score (nSPS) is 12.4. The first-order valence-electron chi connectivity index (χ1n) is 6.64. The molecular weight excluding hydrogens is 250 g/mol. The number of amides is 1. The lowest BCUT2D eigenvalue weighted by molar-refractivity contribution is 0.0916. The number of halogens is 1. The topological polar surface area (TPSA) is 42.2 Å². The van der Waals surface area contributed by atoms with Crippen LogP contribution in [-0.4, -0.2) is 18.3 Å². The number of hydrogen-bond donors (Lipinski definition) is 1. The molecule has 0 aliphatic rings. The molecule has 1 rings (SSSR count). The lowest BCUT2D eigenvalue weighted by atomic mass is 10.0. The van der Waals surface area contributed by atoms with Gasteiger partial charge in [0.05, 0.1) is 0 Å². The maximum atomic E-state index is 11.8. The van der Waals surface area contributed by atoms with Gasteiger partial charge in [0.15, 0.2) is 5.76 Å². The molecule has 4 heteroatoms. The van der Waals surface area contributed by atoms with Crippen molar-refractivity contribution < 1.29 is 9.21 Å². The fourth-order valence-electron chi connectivity index (χ4n) is 1.93. The van der Waals surface area contributed by atoms with Gasteiger partial charge in [0, 0.05) is 18.8 Å². The summed E-state index contributed by atoms with van der Waals surface area (Å²) in [4.78, 5) is 11.8. The molecule has 1 atom stereocenters. The minimum Gasteiger partial charge on any atom is -0.456 e. The molecule has 0 radical (unpaired) electrons. The van der Waals surface area contributed by atoms with Crippen molar-refractivity contribution in [3.8, 4) is 0 Å². The highest BCUT2D eigenvalue weighted by Gasteiger charge is 2.13. The summed E-state index contributed by atoms with van der Waals surface area (Å²) >= 11 is 5.76. The standard InChI is InChI=1S/C14H22ClNO2/c1-3-5-11(8-9-15)10-16-14(17)13-7-6-12(4-2)18-13/h6-7,11H,3-5,8-10H2,1-2H3,(H,16,17). The van der Waals surface area contributed by atoms with E-state index in [2.05, 4.69) is 12.2 Å². The number of alkyl halides is 1. The molecule has 0 spiro atoms. The molecule has 1 heterocycles. The Morgan fingerprint density at radius 1 is 1.39 bits per heavy atom. The molecule has 3 nitrogen and oxygen atoms in total. The predicted molar refractivity (Wildman–Crippen MR) is 74.2 cm³/mol. The van der Waals surface area contributed by atoms with Crippen LogP contribution in [0.25, 0.3) is 0 Å². The van der Waals surface area contributed by atoms with Crippen LogP contribution in [0.3, 0.4) is 0 Å². The number of furan rings is 1. The number of hydrogen-bond acceptors (Lipinski definition) is 2. The fourth-order valence-corrected chi connectivity index (χ4v) is 2.23. The van der Waals surface area contributed by atoms with Crippen LogP contribution in [0, 0.1) is 5.92 Å². The van der Waals surface area contributed by atoms with Crippen LogP contribution in [0.2, 0.25) is 0 Å². The third-order valence-electron chi connectivity index (χ3n) is 3.00. The van der Waals surface area contributed by atoms with Crippen molar-refractivity contribution in [3.63, 3.8) is 0 Å². The zero-order chi connectivity index (χ0) is 13.4. The highest BCUT2D eigenvalue weighted by Crippen LogP contribution is 2.12. The van der Waals surface area contributed by atoms with E-state index in [-0.39, 0.29) is 5.91 Å². The summed E-state index contributed by atoms with van der Waals surface area (Å²) in [5, 5.41) is 2.91. The van der Waals surface area contributed by atoms with E-state index >= 15 is 0 Å². The van der Waals surface area contributed by atoms with E-state index in [4.69, 9.17) is 16.0 Å². The van der Waals surface area contributed by atoms with E-state index in [0.717, 1.165) is 31.4 Å². The molecule has 102 valence electrons. The van der Waals surface area contributed by atoms with Gasteiger partial charge in [0.1, 0.15) is 5.76 Å². The van der Waals surface area contributed by atoms with E-state index in [9.17, 15) is 4.79 Å². The summed E-state index contributed by atoms with van der Waals surface area (Å²) in [6.45, 7) is 4.81. The van der Waals surface area contributed by atoms with Crippen LogP contribution >= 0.6 is 11.6 Å². The number of carbonyl (C=O) groups excluding carboxylic acids is 1. The second-order valence-electron chi connectivity index (χ2n) is 4.46. The van der Waals surface area contributed by atoms with E-state index in [1.54, 1.807) is 6.07 Å². The van der Waals surface area contributed by atoms with Crippen LogP contribution in [0.5, 0.6) is 0 Å². The summed E-state index contributed by atoms with van der Waals surface area (Å²) in [5.74, 6) is 2.20. The predicted octanol–water partition coefficient (Wildman–Crippen LogP) is 3.62. The molecule has 0 aliphatic carbocycles. The van der Waals surface area contributed by atoms with Crippen molar-refractivity contribution in [1.29, 1.82) is 0 Å². The summed E-state index contributed by atoms with van der Waals surface area (Å²) < 4.78 is 5.41. The van der Waals surface area contributed by atoms with Gasteiger partial charge in [0.25, 0.3) is 5.91 Å². The summed E-state index contributed by atoms with van der Waals surface area (Å²) in [5.41, 5.74) is 0. The molecule has 1 N–H and O–H groups in total. The Morgan fingerprint density at radius 3 is 2.72 bits per heavy atom. The molecular formula is C14H22ClNO2. The molecule has 1 aromatic heterocycles. The Kier molecular flexibility index (Phi) is 6.88. The van der Waals surface area contributed by atoms with Crippen LogP contribution in [0.4, 0.5) is 0 Å². The third-order valence-corrected chi connectivity index (χ3v) is 3.22. The first kappa shape index (κ1) is 15.1. The van der Waals surface area contributed by atoms with Gasteiger partial charge >= 0.3 is 0 Å². The van der Waals surface area contributed by atoms with Crippen LogP contribution < -0.4 is 5.32 Å². The quantitative estimate of drug-likeness (QED) is 0.734. The fraction of sp³-hybridized carbons (Fsp3) is 0.643. The van der Waals surface area contributed by atoms with Gasteiger partial charge in [-0.2, -0.15) is 0 Å². The zero-order valence-corrected chi connectivity index (χ0v) is 11.9. The monoisotopic (exact) mass is 271 g/mol. The summed E-state index contributed by atoms with van der Waals surface area (Å²) in [7, 11) is 0. The van der Waals surface area contributed by atoms with Crippen LogP contribution in [0.15, 0.2) is 16.5 Å². The Morgan fingerprint density at radius 2 is 2.17 bits per heavy atom. The van der Waals surface area contributed by atoms with E-state index in [1.807, 2.05) is 13.0 Å². The minimum absolute atomic E-state index is 0.134. The van der Waals surface area contributed by atoms with Gasteiger partial charge in [-0.3, -0.25) is 4.79 Å². The Labute approximate surface area is 114 Å². The van der Waals surface area contributed by atoms with Crippen molar-refractivity contribution >= 4 is 17.5 Å². The number of carbonyl (C=O) groups is 1. The SMILES string of the molecule is CCCC(CCCl)CNC(=O)c1ccc(CC)o1. The van der Waals surface area contributed by atoms with Gasteiger partial charge in [-0.15, -0.1) is 11.6 Å². The third kappa shape index (κ3) is 4.73. The average molecular weight is 272 g/mol. The maximum absolute atomic E-state index is 11.8. The lowest BCUT2D eigenvalue weighted by Gasteiger charge is -2.14. The molecule has 0 aliphatic heterocycles. The second kappa shape index (κ2) is 8.20. The van der Waals surface area contributed by atoms with Gasteiger partial charge in [0.2, 0.25) is 0 Å². The zero-order valence-electron chi connectivity index (χ0n) is 11.2. The van der Waals surface area contributed by atoms with Crippen LogP contribution in [0.1, 0.15) is 49.4 Å². The molecule has 0 bridgehead atoms. The van der Waals surface area contributed by atoms with Crippen molar-refractivity contribution in [2.24, 2.45) is 5.92 Å². The highest BCUT2D eigenvalue weighted by atomic mass is 35.5. The average Bonchev–Trinajstić information content (AvgIpc) is 2.85. The number of nitrogens with one attached hydrogen (secondary N) is 1. The van der Waals surface area contributed by atoms with Gasteiger partial charge < -0.3 is 9.73 Å². The molecule has 18 heavy (non-hydrogen) atoms. The first-order chi connectivity index (χ1) is 8.71. The molecule has 1 amide bonds. The number of aryl methyl sites for hydroxylation is 1. The Hall–Kier alpha value is -0.960. The van der Waals surface area contributed by atoms with Crippen molar-refractivity contribution in [2.75, 3.05) is 12.4 Å². The molecule has 0 saturated heterocycles. The maximum Gasteiger partial charge on any atom is 0.287 e. The first-order valence-corrected chi connectivity index (χ1v) is 7.17. The lowest BCUT2D eigenvalue weighted by Crippen LogP contribution is -2.29. The van der Waals surface area contributed by atoms with Crippen molar-refractivity contribution in [1.82, 2.24) is 5.32 Å². The van der Waals surface area contributed by atoms with E-state index < -0.39 is 0 Å². The van der Waals surface area contributed by atoms with Gasteiger partial charge in [-0.05, 0) is 30.9 Å². The van der Waals surface area contributed by atoms with Crippen LogP contribution in [-0.2, 0) is 6.42 Å². The minimum atomic E-state index is -0.134. The molecule has 1 unspecified atom stereocenters. The molecule has 0 aromatic carbocycles. The molecule has 0 saturated carbocycles.